The highest BCUT2D eigenvalue weighted by molar-refractivity contribution is 6.01. The topological polar surface area (TPSA) is 113 Å². The number of aliphatic carboxylic acids is 1. The number of urea groups is 1. The van der Waals surface area contributed by atoms with Crippen molar-refractivity contribution in [3.63, 3.8) is 0 Å². The number of carboxylic acid groups (broad SMARTS) is 1. The van der Waals surface area contributed by atoms with E-state index in [0.717, 1.165) is 5.56 Å². The monoisotopic (exact) mass is 291 g/mol. The van der Waals surface area contributed by atoms with E-state index in [4.69, 9.17) is 5.73 Å². The Kier molecular flexibility index (Phi) is 4.42. The summed E-state index contributed by atoms with van der Waals surface area (Å²) in [5.41, 5.74) is 6.46. The van der Waals surface area contributed by atoms with Crippen molar-refractivity contribution in [1.82, 2.24) is 5.32 Å². The number of nitrogens with one attached hydrogen (secondary N) is 1. The van der Waals surface area contributed by atoms with Gasteiger partial charge >= 0.3 is 12.0 Å². The molecule has 0 aromatic heterocycles. The molecular weight excluding hydrogens is 274 g/mol. The lowest BCUT2D eigenvalue weighted by Gasteiger charge is -2.22. The zero-order valence-corrected chi connectivity index (χ0v) is 11.4. The summed E-state index contributed by atoms with van der Waals surface area (Å²) < 4.78 is 0. The van der Waals surface area contributed by atoms with Crippen LogP contribution in [-0.2, 0) is 16.0 Å². The van der Waals surface area contributed by atoms with E-state index in [9.17, 15) is 19.5 Å². The minimum Gasteiger partial charge on any atom is -0.480 e. The summed E-state index contributed by atoms with van der Waals surface area (Å²) in [6.07, 6.45) is 0.897. The van der Waals surface area contributed by atoms with E-state index in [2.05, 4.69) is 5.32 Å². The van der Waals surface area contributed by atoms with Crippen LogP contribution < -0.4 is 16.0 Å². The lowest BCUT2D eigenvalue weighted by Crippen LogP contribution is -2.48. The van der Waals surface area contributed by atoms with Gasteiger partial charge in [-0.15, -0.1) is 0 Å². The van der Waals surface area contributed by atoms with Gasteiger partial charge in [0.25, 0.3) is 0 Å². The molecule has 0 bridgehead atoms. The van der Waals surface area contributed by atoms with Crippen LogP contribution in [0, 0.1) is 0 Å². The average Bonchev–Trinajstić information content (AvgIpc) is 2.83. The van der Waals surface area contributed by atoms with Gasteiger partial charge in [0.15, 0.2) is 0 Å². The molecule has 0 saturated heterocycles. The second-order valence-corrected chi connectivity index (χ2v) is 4.86. The van der Waals surface area contributed by atoms with Gasteiger partial charge in [-0.2, -0.15) is 0 Å². The van der Waals surface area contributed by atoms with E-state index in [0.29, 0.717) is 18.5 Å². The van der Waals surface area contributed by atoms with Gasteiger partial charge in [-0.3, -0.25) is 9.69 Å². The van der Waals surface area contributed by atoms with E-state index in [-0.39, 0.29) is 13.0 Å². The van der Waals surface area contributed by atoms with Crippen LogP contribution in [0.4, 0.5) is 10.5 Å². The lowest BCUT2D eigenvalue weighted by molar-refractivity contribution is -0.138. The highest BCUT2D eigenvalue weighted by atomic mass is 16.4. The Morgan fingerprint density at radius 3 is 2.71 bits per heavy atom. The van der Waals surface area contributed by atoms with Gasteiger partial charge in [0.1, 0.15) is 6.04 Å². The fourth-order valence-electron chi connectivity index (χ4n) is 2.38. The lowest BCUT2D eigenvalue weighted by atomic mass is 10.1. The van der Waals surface area contributed by atoms with Gasteiger partial charge in [0.2, 0.25) is 5.91 Å². The molecule has 0 fully saturated rings. The molecule has 0 spiro atoms. The van der Waals surface area contributed by atoms with Crippen LogP contribution in [0.1, 0.15) is 18.4 Å². The van der Waals surface area contributed by atoms with E-state index >= 15 is 0 Å². The highest BCUT2D eigenvalue weighted by Gasteiger charge is 2.38. The number of carboxylic acids is 1. The summed E-state index contributed by atoms with van der Waals surface area (Å²) in [5.74, 6) is -1.47. The molecule has 4 N–H and O–H groups in total. The highest BCUT2D eigenvalue weighted by Crippen LogP contribution is 2.32. The minimum atomic E-state index is -1.04. The van der Waals surface area contributed by atoms with Gasteiger partial charge in [0, 0.05) is 25.1 Å². The molecule has 2 rings (SSSR count). The minimum absolute atomic E-state index is 0.180. The molecule has 1 atom stereocenters. The third-order valence-electron chi connectivity index (χ3n) is 3.36. The molecule has 7 heteroatoms. The molecular formula is C14H17N3O4. The van der Waals surface area contributed by atoms with E-state index in [1.165, 1.54) is 4.90 Å². The standard InChI is InChI=1S/C14H17N3O4/c15-12(18)6-3-7-16-14(21)17-10-5-2-1-4-9(10)8-11(17)13(19)20/h1-2,4-5,11H,3,6-8H2,(H2,15,18)(H,16,21)(H,19,20)/t11-/m0/s1. The predicted molar refractivity (Wildman–Crippen MR) is 75.9 cm³/mol. The Morgan fingerprint density at radius 2 is 2.05 bits per heavy atom. The zero-order chi connectivity index (χ0) is 15.4. The van der Waals surface area contributed by atoms with Crippen LogP contribution in [0.2, 0.25) is 0 Å². The first kappa shape index (κ1) is 14.8. The summed E-state index contributed by atoms with van der Waals surface area (Å²) in [6, 6.07) is 5.73. The molecule has 1 aliphatic heterocycles. The van der Waals surface area contributed by atoms with E-state index in [1.807, 2.05) is 12.1 Å². The number of hydrogen-bond acceptors (Lipinski definition) is 3. The molecule has 7 nitrogen and oxygen atoms in total. The first-order valence-corrected chi connectivity index (χ1v) is 6.67. The number of primary amides is 1. The Morgan fingerprint density at radius 1 is 1.33 bits per heavy atom. The molecule has 112 valence electrons. The molecule has 0 unspecified atom stereocenters. The van der Waals surface area contributed by atoms with Gasteiger partial charge in [0.05, 0.1) is 0 Å². The second kappa shape index (κ2) is 6.25. The van der Waals surface area contributed by atoms with Gasteiger partial charge in [-0.05, 0) is 18.1 Å². The van der Waals surface area contributed by atoms with Crippen molar-refractivity contribution >= 4 is 23.6 Å². The Hall–Kier alpha value is -2.57. The number of amides is 3. The number of hydrogen-bond donors (Lipinski definition) is 3. The Labute approximate surface area is 121 Å². The van der Waals surface area contributed by atoms with Crippen LogP contribution in [0.25, 0.3) is 0 Å². The fraction of sp³-hybridized carbons (Fsp3) is 0.357. The molecule has 1 aromatic carbocycles. The smallest absolute Gasteiger partial charge is 0.327 e. The van der Waals surface area contributed by atoms with Crippen molar-refractivity contribution in [2.24, 2.45) is 5.73 Å². The number of carbonyl (C=O) groups excluding carboxylic acids is 2. The number of nitrogens with zero attached hydrogens (tertiary/aromatic N) is 1. The second-order valence-electron chi connectivity index (χ2n) is 4.86. The largest absolute Gasteiger partial charge is 0.480 e. The normalized spacial score (nSPS) is 16.4. The number of para-hydroxylation sites is 1. The SMILES string of the molecule is NC(=O)CCCNC(=O)N1c2ccccc2C[C@H]1C(=O)O. The van der Waals surface area contributed by atoms with Crippen LogP contribution in [0.5, 0.6) is 0 Å². The quantitative estimate of drug-likeness (QED) is 0.685. The first-order chi connectivity index (χ1) is 10.0. The third kappa shape index (κ3) is 3.31. The molecule has 0 radical (unpaired) electrons. The molecule has 3 amide bonds. The Bertz CT molecular complexity index is 573. The van der Waals surface area contributed by atoms with Crippen molar-refractivity contribution in [3.8, 4) is 0 Å². The van der Waals surface area contributed by atoms with Crippen molar-refractivity contribution < 1.29 is 19.5 Å². The van der Waals surface area contributed by atoms with Crippen LogP contribution in [-0.4, -0.2) is 35.6 Å². The first-order valence-electron chi connectivity index (χ1n) is 6.67. The van der Waals surface area contributed by atoms with Gasteiger partial charge in [-0.25, -0.2) is 9.59 Å². The summed E-state index contributed by atoms with van der Waals surface area (Å²) in [5, 5.41) is 11.9. The fourth-order valence-corrected chi connectivity index (χ4v) is 2.38. The maximum atomic E-state index is 12.2. The number of nitrogens with two attached hydrogens (primary N) is 1. The summed E-state index contributed by atoms with van der Waals surface area (Å²) >= 11 is 0. The number of carbonyl (C=O) groups is 3. The average molecular weight is 291 g/mol. The number of benzene rings is 1. The maximum Gasteiger partial charge on any atom is 0.327 e. The summed E-state index contributed by atoms with van der Waals surface area (Å²) in [4.78, 5) is 35.4. The van der Waals surface area contributed by atoms with Crippen molar-refractivity contribution in [1.29, 1.82) is 0 Å². The third-order valence-corrected chi connectivity index (χ3v) is 3.36. The van der Waals surface area contributed by atoms with Crippen molar-refractivity contribution in [2.75, 3.05) is 11.4 Å². The van der Waals surface area contributed by atoms with Crippen molar-refractivity contribution in [2.45, 2.75) is 25.3 Å². The molecule has 1 heterocycles. The Balaban J connectivity index is 2.06. The predicted octanol–water partition coefficient (Wildman–Crippen LogP) is 0.477. The van der Waals surface area contributed by atoms with Crippen LogP contribution >= 0.6 is 0 Å². The molecule has 21 heavy (non-hydrogen) atoms. The van der Waals surface area contributed by atoms with Gasteiger partial charge < -0.3 is 16.2 Å². The molecule has 1 aliphatic rings. The summed E-state index contributed by atoms with van der Waals surface area (Å²) in [7, 11) is 0. The molecule has 0 saturated carbocycles. The number of fused-ring (bicyclic) bond motifs is 1. The number of rotatable bonds is 5. The number of anilines is 1. The van der Waals surface area contributed by atoms with Crippen LogP contribution in [0.3, 0.4) is 0 Å². The van der Waals surface area contributed by atoms with E-state index in [1.54, 1.807) is 12.1 Å². The van der Waals surface area contributed by atoms with E-state index < -0.39 is 23.9 Å². The van der Waals surface area contributed by atoms with Crippen molar-refractivity contribution in [3.05, 3.63) is 29.8 Å². The van der Waals surface area contributed by atoms with Crippen LogP contribution in [0.15, 0.2) is 24.3 Å². The zero-order valence-electron chi connectivity index (χ0n) is 11.4. The molecule has 0 aliphatic carbocycles. The maximum absolute atomic E-state index is 12.2. The van der Waals surface area contributed by atoms with Gasteiger partial charge in [-0.1, -0.05) is 18.2 Å². The molecule has 1 aromatic rings. The summed E-state index contributed by atoms with van der Waals surface area (Å²) in [6.45, 7) is 0.271.